The lowest BCUT2D eigenvalue weighted by atomic mass is 10.2. The Kier molecular flexibility index (Phi) is 7.10. The number of rotatable bonds is 9. The number of hydrogen-bond acceptors (Lipinski definition) is 3. The second-order valence-corrected chi connectivity index (χ2v) is 4.69. The first-order valence-corrected chi connectivity index (χ1v) is 6.66. The van der Waals surface area contributed by atoms with E-state index < -0.39 is 0 Å². The van der Waals surface area contributed by atoms with E-state index in [-0.39, 0.29) is 5.91 Å². The Morgan fingerprint density at radius 1 is 1.33 bits per heavy atom. The Morgan fingerprint density at radius 2 is 2.17 bits per heavy atom. The van der Waals surface area contributed by atoms with Gasteiger partial charge in [0.15, 0.2) is 0 Å². The largest absolute Gasteiger partial charge is 0.356 e. The van der Waals surface area contributed by atoms with Crippen LogP contribution in [0, 0.1) is 0 Å². The topological polar surface area (TPSA) is 59.0 Å². The SMILES string of the molecule is CC(C)NCCCC(=O)NCCCn1cccn1. The van der Waals surface area contributed by atoms with Gasteiger partial charge in [-0.25, -0.2) is 0 Å². The van der Waals surface area contributed by atoms with Crippen LogP contribution in [0.5, 0.6) is 0 Å². The molecule has 18 heavy (non-hydrogen) atoms. The van der Waals surface area contributed by atoms with Crippen LogP contribution in [0.15, 0.2) is 18.5 Å². The monoisotopic (exact) mass is 252 g/mol. The highest BCUT2D eigenvalue weighted by atomic mass is 16.1. The molecule has 1 heterocycles. The molecule has 2 N–H and O–H groups in total. The molecule has 0 saturated heterocycles. The molecule has 1 aromatic heterocycles. The summed E-state index contributed by atoms with van der Waals surface area (Å²) < 4.78 is 1.87. The third kappa shape index (κ3) is 7.06. The van der Waals surface area contributed by atoms with Gasteiger partial charge < -0.3 is 10.6 Å². The van der Waals surface area contributed by atoms with Crippen LogP contribution >= 0.6 is 0 Å². The number of aryl methyl sites for hydroxylation is 1. The molecule has 1 aromatic rings. The molecule has 0 saturated carbocycles. The van der Waals surface area contributed by atoms with E-state index in [0.29, 0.717) is 12.5 Å². The summed E-state index contributed by atoms with van der Waals surface area (Å²) in [6, 6.07) is 2.39. The van der Waals surface area contributed by atoms with Gasteiger partial charge in [-0.1, -0.05) is 13.8 Å². The predicted molar refractivity (Wildman–Crippen MR) is 72.2 cm³/mol. The lowest BCUT2D eigenvalue weighted by Crippen LogP contribution is -2.28. The number of nitrogens with zero attached hydrogens (tertiary/aromatic N) is 2. The molecule has 0 fully saturated rings. The minimum Gasteiger partial charge on any atom is -0.356 e. The third-order valence-corrected chi connectivity index (χ3v) is 2.58. The number of nitrogens with one attached hydrogen (secondary N) is 2. The van der Waals surface area contributed by atoms with Crippen LogP contribution in [0.4, 0.5) is 0 Å². The summed E-state index contributed by atoms with van der Waals surface area (Å²) in [4.78, 5) is 11.5. The average Bonchev–Trinajstić information content (AvgIpc) is 2.83. The number of aromatic nitrogens is 2. The molecular formula is C13H24N4O. The van der Waals surface area contributed by atoms with Crippen molar-refractivity contribution in [2.45, 2.75) is 45.7 Å². The van der Waals surface area contributed by atoms with Crippen LogP contribution in [0.1, 0.15) is 33.1 Å². The van der Waals surface area contributed by atoms with E-state index in [4.69, 9.17) is 0 Å². The summed E-state index contributed by atoms with van der Waals surface area (Å²) in [5, 5.41) is 10.3. The van der Waals surface area contributed by atoms with Gasteiger partial charge in [0.2, 0.25) is 5.91 Å². The van der Waals surface area contributed by atoms with Gasteiger partial charge in [0, 0.05) is 37.9 Å². The molecule has 1 amide bonds. The predicted octanol–water partition coefficient (Wildman–Crippen LogP) is 1.17. The standard InChI is InChI=1S/C13H24N4O/c1-12(2)14-7-3-6-13(18)15-8-4-10-17-11-5-9-16-17/h5,9,11-12,14H,3-4,6-8,10H2,1-2H3,(H,15,18). The van der Waals surface area contributed by atoms with Crippen molar-refractivity contribution in [1.29, 1.82) is 0 Å². The van der Waals surface area contributed by atoms with Crippen molar-refractivity contribution in [1.82, 2.24) is 20.4 Å². The maximum absolute atomic E-state index is 11.5. The molecule has 0 aliphatic heterocycles. The van der Waals surface area contributed by atoms with Crippen molar-refractivity contribution in [3.8, 4) is 0 Å². The maximum atomic E-state index is 11.5. The summed E-state index contributed by atoms with van der Waals surface area (Å²) in [6.45, 7) is 6.68. The van der Waals surface area contributed by atoms with Crippen molar-refractivity contribution in [2.75, 3.05) is 13.1 Å². The van der Waals surface area contributed by atoms with Crippen molar-refractivity contribution in [3.63, 3.8) is 0 Å². The van der Waals surface area contributed by atoms with Crippen molar-refractivity contribution >= 4 is 5.91 Å². The van der Waals surface area contributed by atoms with Crippen molar-refractivity contribution in [3.05, 3.63) is 18.5 Å². The number of carbonyl (C=O) groups excluding carboxylic acids is 1. The smallest absolute Gasteiger partial charge is 0.220 e. The fraction of sp³-hybridized carbons (Fsp3) is 0.692. The molecule has 0 unspecified atom stereocenters. The van der Waals surface area contributed by atoms with Crippen molar-refractivity contribution in [2.24, 2.45) is 0 Å². The minimum atomic E-state index is 0.140. The minimum absolute atomic E-state index is 0.140. The molecule has 0 aromatic carbocycles. The fourth-order valence-electron chi connectivity index (χ4n) is 1.63. The van der Waals surface area contributed by atoms with Gasteiger partial charge in [-0.05, 0) is 25.5 Å². The zero-order valence-electron chi connectivity index (χ0n) is 11.4. The van der Waals surface area contributed by atoms with E-state index >= 15 is 0 Å². The number of amides is 1. The highest BCUT2D eigenvalue weighted by Crippen LogP contribution is 1.91. The lowest BCUT2D eigenvalue weighted by molar-refractivity contribution is -0.121. The van der Waals surface area contributed by atoms with Gasteiger partial charge in [-0.15, -0.1) is 0 Å². The van der Waals surface area contributed by atoms with Gasteiger partial charge in [0.05, 0.1) is 0 Å². The fourth-order valence-corrected chi connectivity index (χ4v) is 1.63. The van der Waals surface area contributed by atoms with E-state index in [9.17, 15) is 4.79 Å². The Bertz CT molecular complexity index is 322. The summed E-state index contributed by atoms with van der Waals surface area (Å²) in [7, 11) is 0. The van der Waals surface area contributed by atoms with Crippen LogP contribution in [0.25, 0.3) is 0 Å². The average molecular weight is 252 g/mol. The summed E-state index contributed by atoms with van der Waals surface area (Å²) >= 11 is 0. The molecule has 0 radical (unpaired) electrons. The van der Waals surface area contributed by atoms with Crippen LogP contribution in [-0.4, -0.2) is 34.8 Å². The zero-order chi connectivity index (χ0) is 13.2. The first-order chi connectivity index (χ1) is 8.68. The molecular weight excluding hydrogens is 228 g/mol. The van der Waals surface area contributed by atoms with Gasteiger partial charge >= 0.3 is 0 Å². The molecule has 0 spiro atoms. The third-order valence-electron chi connectivity index (χ3n) is 2.58. The van der Waals surface area contributed by atoms with E-state index in [0.717, 1.165) is 32.5 Å². The van der Waals surface area contributed by atoms with Gasteiger partial charge in [-0.3, -0.25) is 9.48 Å². The van der Waals surface area contributed by atoms with Crippen molar-refractivity contribution < 1.29 is 4.79 Å². The molecule has 1 rings (SSSR count). The Hall–Kier alpha value is -1.36. The van der Waals surface area contributed by atoms with E-state index in [1.54, 1.807) is 6.20 Å². The maximum Gasteiger partial charge on any atom is 0.220 e. The molecule has 5 heteroatoms. The quantitative estimate of drug-likeness (QED) is 0.649. The Balaban J connectivity index is 1.93. The molecule has 0 bridgehead atoms. The van der Waals surface area contributed by atoms with Crippen LogP contribution in [-0.2, 0) is 11.3 Å². The van der Waals surface area contributed by atoms with Crippen LogP contribution < -0.4 is 10.6 Å². The van der Waals surface area contributed by atoms with Gasteiger partial charge in [0.25, 0.3) is 0 Å². The molecule has 102 valence electrons. The first-order valence-electron chi connectivity index (χ1n) is 6.66. The van der Waals surface area contributed by atoms with E-state index in [2.05, 4.69) is 29.6 Å². The summed E-state index contributed by atoms with van der Waals surface area (Å²) in [5.74, 6) is 0.140. The zero-order valence-corrected chi connectivity index (χ0v) is 11.4. The Labute approximate surface area is 109 Å². The Morgan fingerprint density at radius 3 is 2.83 bits per heavy atom. The van der Waals surface area contributed by atoms with E-state index in [1.165, 1.54) is 0 Å². The highest BCUT2D eigenvalue weighted by Gasteiger charge is 2.00. The molecule has 5 nitrogen and oxygen atoms in total. The molecule has 0 aliphatic rings. The second kappa shape index (κ2) is 8.69. The molecule has 0 aliphatic carbocycles. The first kappa shape index (κ1) is 14.7. The summed E-state index contributed by atoms with van der Waals surface area (Å²) in [6.07, 6.45) is 6.10. The van der Waals surface area contributed by atoms with E-state index in [1.807, 2.05) is 16.9 Å². The highest BCUT2D eigenvalue weighted by molar-refractivity contribution is 5.75. The normalized spacial score (nSPS) is 10.8. The van der Waals surface area contributed by atoms with Gasteiger partial charge in [0.1, 0.15) is 0 Å². The van der Waals surface area contributed by atoms with Crippen LogP contribution in [0.2, 0.25) is 0 Å². The number of hydrogen-bond donors (Lipinski definition) is 2. The number of carbonyl (C=O) groups is 1. The van der Waals surface area contributed by atoms with Crippen LogP contribution in [0.3, 0.4) is 0 Å². The lowest BCUT2D eigenvalue weighted by Gasteiger charge is -2.08. The summed E-state index contributed by atoms with van der Waals surface area (Å²) in [5.41, 5.74) is 0. The molecule has 0 atom stereocenters. The second-order valence-electron chi connectivity index (χ2n) is 4.69. The van der Waals surface area contributed by atoms with Gasteiger partial charge in [-0.2, -0.15) is 5.10 Å².